The molecule has 0 fully saturated rings. The van der Waals surface area contributed by atoms with E-state index >= 15 is 0 Å². The van der Waals surface area contributed by atoms with E-state index in [-0.39, 0.29) is 18.0 Å². The molecule has 104 valence electrons. The van der Waals surface area contributed by atoms with Crippen molar-refractivity contribution in [1.29, 1.82) is 0 Å². The van der Waals surface area contributed by atoms with Crippen LogP contribution in [0.4, 0.5) is 10.1 Å². The van der Waals surface area contributed by atoms with Crippen molar-refractivity contribution in [1.82, 2.24) is 5.32 Å². The molecular formula is C14H19FN2O2. The molecule has 0 saturated carbocycles. The third-order valence-corrected chi connectivity index (χ3v) is 2.41. The van der Waals surface area contributed by atoms with Gasteiger partial charge in [0.15, 0.2) is 0 Å². The molecule has 0 atom stereocenters. The predicted octanol–water partition coefficient (Wildman–Crippen LogP) is 2.09. The molecule has 4 nitrogen and oxygen atoms in total. The van der Waals surface area contributed by atoms with Crippen LogP contribution in [0.3, 0.4) is 0 Å². The lowest BCUT2D eigenvalue weighted by molar-refractivity contribution is -0.128. The highest BCUT2D eigenvalue weighted by molar-refractivity contribution is 6.04. The summed E-state index contributed by atoms with van der Waals surface area (Å²) in [7, 11) is 1.45. The van der Waals surface area contributed by atoms with Gasteiger partial charge in [-0.25, -0.2) is 4.39 Å². The highest BCUT2D eigenvalue weighted by Gasteiger charge is 2.20. The van der Waals surface area contributed by atoms with E-state index in [9.17, 15) is 14.0 Å². The number of para-hydroxylation sites is 1. The van der Waals surface area contributed by atoms with Crippen LogP contribution >= 0.6 is 0 Å². The molecule has 0 aliphatic carbocycles. The zero-order chi connectivity index (χ0) is 14.6. The average Bonchev–Trinajstić information content (AvgIpc) is 2.26. The third-order valence-electron chi connectivity index (χ3n) is 2.41. The lowest BCUT2D eigenvalue weighted by Crippen LogP contribution is -2.43. The molecule has 1 aromatic carbocycles. The fourth-order valence-electron chi connectivity index (χ4n) is 1.58. The van der Waals surface area contributed by atoms with Crippen LogP contribution in [-0.4, -0.2) is 24.4 Å². The molecule has 1 aromatic rings. The minimum absolute atomic E-state index is 0.163. The molecule has 5 heteroatoms. The summed E-state index contributed by atoms with van der Waals surface area (Å²) in [5.41, 5.74) is -0.232. The first-order valence-electron chi connectivity index (χ1n) is 6.03. The molecule has 0 bridgehead atoms. The molecule has 1 N–H and O–H groups in total. The maximum absolute atomic E-state index is 13.5. The summed E-state index contributed by atoms with van der Waals surface area (Å²) >= 11 is 0. The Kier molecular flexibility index (Phi) is 4.64. The van der Waals surface area contributed by atoms with E-state index in [4.69, 9.17) is 0 Å². The van der Waals surface area contributed by atoms with Crippen LogP contribution in [-0.2, 0) is 9.59 Å². The summed E-state index contributed by atoms with van der Waals surface area (Å²) in [4.78, 5) is 24.7. The summed E-state index contributed by atoms with van der Waals surface area (Å²) in [6.45, 7) is 5.49. The molecule has 1 rings (SSSR count). The molecule has 0 aromatic heterocycles. The van der Waals surface area contributed by atoms with E-state index in [0.717, 1.165) is 4.90 Å². The average molecular weight is 266 g/mol. The van der Waals surface area contributed by atoms with Gasteiger partial charge in [0.1, 0.15) is 12.2 Å². The van der Waals surface area contributed by atoms with E-state index in [1.165, 1.54) is 19.2 Å². The molecule has 19 heavy (non-hydrogen) atoms. The zero-order valence-corrected chi connectivity index (χ0v) is 11.7. The number of hydrogen-bond acceptors (Lipinski definition) is 2. The largest absolute Gasteiger partial charge is 0.351 e. The van der Waals surface area contributed by atoms with Crippen molar-refractivity contribution < 1.29 is 14.0 Å². The summed E-state index contributed by atoms with van der Waals surface area (Å²) in [6, 6.07) is 5.95. The summed E-state index contributed by atoms with van der Waals surface area (Å²) in [5.74, 6) is -1.32. The number of amides is 2. The van der Waals surface area contributed by atoms with E-state index < -0.39 is 17.3 Å². The number of carbonyl (C=O) groups is 2. The van der Waals surface area contributed by atoms with Gasteiger partial charge >= 0.3 is 0 Å². The number of nitrogens with zero attached hydrogens (tertiary/aromatic N) is 1. The van der Waals surface area contributed by atoms with E-state index in [1.54, 1.807) is 12.1 Å². The first kappa shape index (κ1) is 15.1. The van der Waals surface area contributed by atoms with Crippen molar-refractivity contribution in [2.24, 2.45) is 0 Å². The zero-order valence-electron chi connectivity index (χ0n) is 11.7. The van der Waals surface area contributed by atoms with Gasteiger partial charge < -0.3 is 10.2 Å². The van der Waals surface area contributed by atoms with Crippen LogP contribution in [0.2, 0.25) is 0 Å². The van der Waals surface area contributed by atoms with Crippen LogP contribution < -0.4 is 10.2 Å². The van der Waals surface area contributed by atoms with Gasteiger partial charge in [0.2, 0.25) is 11.8 Å². The quantitative estimate of drug-likeness (QED) is 0.852. The van der Waals surface area contributed by atoms with Gasteiger partial charge in [-0.05, 0) is 32.9 Å². The van der Waals surface area contributed by atoms with E-state index in [2.05, 4.69) is 5.32 Å². The summed E-state index contributed by atoms with van der Waals surface area (Å²) < 4.78 is 13.5. The number of halogens is 1. The molecule has 0 aliphatic heterocycles. The molecule has 0 saturated heterocycles. The Labute approximate surface area is 112 Å². The standard InChI is InChI=1S/C14H19FN2O2/c1-14(2,3)16-12(18)9-13(19)17(4)11-8-6-5-7-10(11)15/h5-8H,9H2,1-4H3,(H,16,18). The molecule has 0 heterocycles. The van der Waals surface area contributed by atoms with Crippen molar-refractivity contribution in [3.05, 3.63) is 30.1 Å². The van der Waals surface area contributed by atoms with Gasteiger partial charge in [-0.1, -0.05) is 12.1 Å². The highest BCUT2D eigenvalue weighted by atomic mass is 19.1. The molecule has 0 aliphatic rings. The molecule has 0 unspecified atom stereocenters. The van der Waals surface area contributed by atoms with Crippen molar-refractivity contribution >= 4 is 17.5 Å². The van der Waals surface area contributed by atoms with Gasteiger partial charge in [0, 0.05) is 12.6 Å². The number of nitrogens with one attached hydrogen (secondary N) is 1. The van der Waals surface area contributed by atoms with Gasteiger partial charge in [-0.2, -0.15) is 0 Å². The second-order valence-corrected chi connectivity index (χ2v) is 5.38. The number of rotatable bonds is 3. The topological polar surface area (TPSA) is 49.4 Å². The summed E-state index contributed by atoms with van der Waals surface area (Å²) in [6.07, 6.45) is -0.303. The van der Waals surface area contributed by atoms with Crippen molar-refractivity contribution in [2.45, 2.75) is 32.7 Å². The third kappa shape index (κ3) is 4.69. The SMILES string of the molecule is CN(C(=O)CC(=O)NC(C)(C)C)c1ccccc1F. The van der Waals surface area contributed by atoms with Gasteiger partial charge in [0.25, 0.3) is 0 Å². The first-order valence-corrected chi connectivity index (χ1v) is 6.03. The lowest BCUT2D eigenvalue weighted by atomic mass is 10.1. The number of anilines is 1. The van der Waals surface area contributed by atoms with Crippen LogP contribution in [0.1, 0.15) is 27.2 Å². The Morgan fingerprint density at radius 2 is 1.84 bits per heavy atom. The smallest absolute Gasteiger partial charge is 0.236 e. The second kappa shape index (κ2) is 5.82. The highest BCUT2D eigenvalue weighted by Crippen LogP contribution is 2.17. The minimum Gasteiger partial charge on any atom is -0.351 e. The minimum atomic E-state index is -0.491. The Morgan fingerprint density at radius 1 is 1.26 bits per heavy atom. The van der Waals surface area contributed by atoms with Crippen LogP contribution in [0.25, 0.3) is 0 Å². The van der Waals surface area contributed by atoms with E-state index in [1.807, 2.05) is 20.8 Å². The molecule has 2 amide bonds. The maximum atomic E-state index is 13.5. The molecule has 0 spiro atoms. The van der Waals surface area contributed by atoms with Crippen LogP contribution in [0.5, 0.6) is 0 Å². The van der Waals surface area contributed by atoms with Gasteiger partial charge in [-0.15, -0.1) is 0 Å². The van der Waals surface area contributed by atoms with E-state index in [0.29, 0.717) is 0 Å². The fourth-order valence-corrected chi connectivity index (χ4v) is 1.58. The van der Waals surface area contributed by atoms with Crippen LogP contribution in [0.15, 0.2) is 24.3 Å². The molecular weight excluding hydrogens is 247 g/mol. The Morgan fingerprint density at radius 3 is 2.37 bits per heavy atom. The predicted molar refractivity (Wildman–Crippen MR) is 72.3 cm³/mol. The Hall–Kier alpha value is -1.91. The number of benzene rings is 1. The normalized spacial score (nSPS) is 11.0. The van der Waals surface area contributed by atoms with Crippen molar-refractivity contribution in [3.63, 3.8) is 0 Å². The monoisotopic (exact) mass is 266 g/mol. The van der Waals surface area contributed by atoms with Crippen LogP contribution in [0, 0.1) is 5.82 Å². The van der Waals surface area contributed by atoms with Gasteiger partial charge in [0.05, 0.1) is 5.69 Å². The lowest BCUT2D eigenvalue weighted by Gasteiger charge is -2.22. The molecule has 0 radical (unpaired) electrons. The maximum Gasteiger partial charge on any atom is 0.236 e. The van der Waals surface area contributed by atoms with Gasteiger partial charge in [-0.3, -0.25) is 9.59 Å². The van der Waals surface area contributed by atoms with Crippen molar-refractivity contribution in [3.8, 4) is 0 Å². The summed E-state index contributed by atoms with van der Waals surface area (Å²) in [5, 5.41) is 2.69. The fraction of sp³-hybridized carbons (Fsp3) is 0.429. The second-order valence-electron chi connectivity index (χ2n) is 5.38. The number of hydrogen-bond donors (Lipinski definition) is 1. The first-order chi connectivity index (χ1) is 8.70. The Balaban J connectivity index is 2.69. The Bertz CT molecular complexity index is 481. The van der Waals surface area contributed by atoms with Crippen molar-refractivity contribution in [2.75, 3.05) is 11.9 Å². The number of carbonyl (C=O) groups excluding carboxylic acids is 2.